The van der Waals surface area contributed by atoms with Crippen LogP contribution in [0.25, 0.3) is 10.9 Å². The van der Waals surface area contributed by atoms with E-state index in [1.807, 2.05) is 31.3 Å². The van der Waals surface area contributed by atoms with E-state index >= 15 is 0 Å². The molecule has 0 aliphatic heterocycles. The Labute approximate surface area is 120 Å². The molecule has 7 heteroatoms. The number of benzene rings is 1. The van der Waals surface area contributed by atoms with Gasteiger partial charge < -0.3 is 15.6 Å². The molecule has 0 unspecified atom stereocenters. The van der Waals surface area contributed by atoms with E-state index in [-0.39, 0.29) is 5.91 Å². The number of para-hydroxylation sites is 1. The number of amides is 1. The molecule has 0 fully saturated rings. The van der Waals surface area contributed by atoms with Crippen molar-refractivity contribution in [3.8, 4) is 0 Å². The summed E-state index contributed by atoms with van der Waals surface area (Å²) in [5, 5.41) is 11.3. The van der Waals surface area contributed by atoms with E-state index in [0.29, 0.717) is 29.3 Å². The summed E-state index contributed by atoms with van der Waals surface area (Å²) >= 11 is 0. The van der Waals surface area contributed by atoms with Gasteiger partial charge in [0.2, 0.25) is 0 Å². The van der Waals surface area contributed by atoms with Crippen molar-refractivity contribution in [3.05, 3.63) is 48.0 Å². The van der Waals surface area contributed by atoms with Crippen molar-refractivity contribution in [3.63, 3.8) is 0 Å². The van der Waals surface area contributed by atoms with Crippen molar-refractivity contribution in [2.45, 2.75) is 6.54 Å². The molecular formula is C14H14N6O. The third kappa shape index (κ3) is 2.53. The van der Waals surface area contributed by atoms with Gasteiger partial charge in [-0.1, -0.05) is 18.2 Å². The lowest BCUT2D eigenvalue weighted by Gasteiger charge is -2.08. The molecule has 0 aliphatic rings. The lowest BCUT2D eigenvalue weighted by Crippen LogP contribution is -2.25. The quantitative estimate of drug-likeness (QED) is 0.743. The number of pyridine rings is 1. The number of nitrogens with two attached hydrogens (primary N) is 1. The number of aryl methyl sites for hydroxylation is 1. The molecule has 0 saturated carbocycles. The van der Waals surface area contributed by atoms with Crippen LogP contribution in [-0.4, -0.2) is 25.7 Å². The zero-order valence-electron chi connectivity index (χ0n) is 11.4. The van der Waals surface area contributed by atoms with Crippen molar-refractivity contribution in [1.29, 1.82) is 0 Å². The Morgan fingerprint density at radius 2 is 2.19 bits per heavy atom. The highest BCUT2D eigenvalue weighted by Crippen LogP contribution is 2.19. The molecule has 2 aromatic heterocycles. The van der Waals surface area contributed by atoms with Crippen LogP contribution in [0.1, 0.15) is 16.2 Å². The molecule has 106 valence electrons. The van der Waals surface area contributed by atoms with Gasteiger partial charge in [-0.3, -0.25) is 4.79 Å². The van der Waals surface area contributed by atoms with Crippen molar-refractivity contribution >= 4 is 22.6 Å². The minimum absolute atomic E-state index is 0.219. The second-order valence-electron chi connectivity index (χ2n) is 4.65. The van der Waals surface area contributed by atoms with E-state index in [1.165, 1.54) is 0 Å². The summed E-state index contributed by atoms with van der Waals surface area (Å²) in [6, 6.07) is 8.97. The minimum Gasteiger partial charge on any atom is -0.384 e. The fourth-order valence-corrected chi connectivity index (χ4v) is 2.11. The van der Waals surface area contributed by atoms with E-state index in [1.54, 1.807) is 17.0 Å². The lowest BCUT2D eigenvalue weighted by molar-refractivity contribution is 0.0951. The summed E-state index contributed by atoms with van der Waals surface area (Å²) in [7, 11) is 1.82. The first-order valence-electron chi connectivity index (χ1n) is 6.41. The maximum absolute atomic E-state index is 12.4. The first kappa shape index (κ1) is 13.0. The molecule has 0 aliphatic carbocycles. The van der Waals surface area contributed by atoms with Crippen LogP contribution in [0.2, 0.25) is 0 Å². The van der Waals surface area contributed by atoms with Crippen LogP contribution in [-0.2, 0) is 13.6 Å². The zero-order valence-corrected chi connectivity index (χ0v) is 11.4. The van der Waals surface area contributed by atoms with Gasteiger partial charge in [-0.15, -0.1) is 10.2 Å². The van der Waals surface area contributed by atoms with Crippen LogP contribution in [0.3, 0.4) is 0 Å². The van der Waals surface area contributed by atoms with E-state index < -0.39 is 0 Å². The molecule has 3 aromatic rings. The Morgan fingerprint density at radius 1 is 1.38 bits per heavy atom. The second-order valence-corrected chi connectivity index (χ2v) is 4.65. The normalized spacial score (nSPS) is 10.7. The number of carbonyl (C=O) groups excluding carboxylic acids is 1. The second kappa shape index (κ2) is 5.20. The van der Waals surface area contributed by atoms with Crippen molar-refractivity contribution in [1.82, 2.24) is 25.1 Å². The van der Waals surface area contributed by atoms with E-state index in [4.69, 9.17) is 5.73 Å². The van der Waals surface area contributed by atoms with Crippen LogP contribution in [0.15, 0.2) is 36.7 Å². The molecule has 2 heterocycles. The first-order chi connectivity index (χ1) is 10.1. The number of aromatic nitrogens is 4. The number of nitrogen functional groups attached to an aromatic ring is 1. The Balaban J connectivity index is 1.89. The Morgan fingerprint density at radius 3 is 2.95 bits per heavy atom. The van der Waals surface area contributed by atoms with Gasteiger partial charge in [-0.2, -0.15) is 0 Å². The number of hydrogen-bond acceptors (Lipinski definition) is 5. The average Bonchev–Trinajstić information content (AvgIpc) is 2.89. The summed E-state index contributed by atoms with van der Waals surface area (Å²) in [6.45, 7) is 0.298. The Kier molecular flexibility index (Phi) is 3.23. The Bertz CT molecular complexity index is 810. The molecular weight excluding hydrogens is 268 g/mol. The Hall–Kier alpha value is -2.96. The van der Waals surface area contributed by atoms with Gasteiger partial charge in [0.1, 0.15) is 12.1 Å². The molecule has 3 N–H and O–H groups in total. The highest BCUT2D eigenvalue weighted by atomic mass is 16.1. The van der Waals surface area contributed by atoms with E-state index in [0.717, 1.165) is 5.39 Å². The lowest BCUT2D eigenvalue weighted by atomic mass is 10.1. The third-order valence-electron chi connectivity index (χ3n) is 3.19. The fourth-order valence-electron chi connectivity index (χ4n) is 2.11. The van der Waals surface area contributed by atoms with Gasteiger partial charge in [-0.25, -0.2) is 4.98 Å². The number of rotatable bonds is 3. The SMILES string of the molecule is Cn1cnnc1CNC(=O)c1cc(N)nc2ccccc12. The number of anilines is 1. The fraction of sp³-hybridized carbons (Fsp3) is 0.143. The predicted molar refractivity (Wildman–Crippen MR) is 78.3 cm³/mol. The number of carbonyl (C=O) groups is 1. The van der Waals surface area contributed by atoms with Crippen LogP contribution in [0.4, 0.5) is 5.82 Å². The summed E-state index contributed by atoms with van der Waals surface area (Å²) in [6.07, 6.45) is 1.58. The van der Waals surface area contributed by atoms with Gasteiger partial charge in [0.15, 0.2) is 5.82 Å². The van der Waals surface area contributed by atoms with Gasteiger partial charge in [0.05, 0.1) is 17.6 Å². The standard InChI is InChI=1S/C14H14N6O/c1-20-8-17-19-13(20)7-16-14(21)10-6-12(15)18-11-5-3-2-4-9(10)11/h2-6,8H,7H2,1H3,(H2,15,18)(H,16,21). The number of fused-ring (bicyclic) bond motifs is 1. The third-order valence-corrected chi connectivity index (χ3v) is 3.19. The van der Waals surface area contributed by atoms with Crippen molar-refractivity contribution in [2.75, 3.05) is 5.73 Å². The summed E-state index contributed by atoms with van der Waals surface area (Å²) in [5.74, 6) is 0.774. The van der Waals surface area contributed by atoms with Crippen LogP contribution in [0.5, 0.6) is 0 Å². The van der Waals surface area contributed by atoms with E-state index in [2.05, 4.69) is 20.5 Å². The summed E-state index contributed by atoms with van der Waals surface area (Å²) in [4.78, 5) is 16.6. The molecule has 21 heavy (non-hydrogen) atoms. The zero-order chi connectivity index (χ0) is 14.8. The molecule has 0 atom stereocenters. The first-order valence-corrected chi connectivity index (χ1v) is 6.41. The molecule has 7 nitrogen and oxygen atoms in total. The van der Waals surface area contributed by atoms with E-state index in [9.17, 15) is 4.79 Å². The smallest absolute Gasteiger partial charge is 0.252 e. The highest BCUT2D eigenvalue weighted by Gasteiger charge is 2.12. The van der Waals surface area contributed by atoms with Crippen LogP contribution < -0.4 is 11.1 Å². The topological polar surface area (TPSA) is 98.7 Å². The maximum atomic E-state index is 12.4. The van der Waals surface area contributed by atoms with Gasteiger partial charge >= 0.3 is 0 Å². The van der Waals surface area contributed by atoms with Gasteiger partial charge in [0.25, 0.3) is 5.91 Å². The number of hydrogen-bond donors (Lipinski definition) is 2. The van der Waals surface area contributed by atoms with Crippen LogP contribution in [0, 0.1) is 0 Å². The molecule has 1 aromatic carbocycles. The average molecular weight is 282 g/mol. The predicted octanol–water partition coefficient (Wildman–Crippen LogP) is 0.875. The summed E-state index contributed by atoms with van der Waals surface area (Å²) < 4.78 is 1.75. The molecule has 0 spiro atoms. The molecule has 0 radical (unpaired) electrons. The highest BCUT2D eigenvalue weighted by molar-refractivity contribution is 6.06. The molecule has 1 amide bonds. The molecule has 0 bridgehead atoms. The van der Waals surface area contributed by atoms with Gasteiger partial charge in [0, 0.05) is 12.4 Å². The number of nitrogens with zero attached hydrogens (tertiary/aromatic N) is 4. The summed E-state index contributed by atoms with van der Waals surface area (Å²) in [5.41, 5.74) is 6.96. The van der Waals surface area contributed by atoms with Crippen molar-refractivity contribution < 1.29 is 4.79 Å². The minimum atomic E-state index is -0.219. The monoisotopic (exact) mass is 282 g/mol. The molecule has 0 saturated heterocycles. The molecule has 3 rings (SSSR count). The largest absolute Gasteiger partial charge is 0.384 e. The maximum Gasteiger partial charge on any atom is 0.252 e. The van der Waals surface area contributed by atoms with Crippen molar-refractivity contribution in [2.24, 2.45) is 7.05 Å². The number of nitrogens with one attached hydrogen (secondary N) is 1. The van der Waals surface area contributed by atoms with Crippen LogP contribution >= 0.6 is 0 Å². The van der Waals surface area contributed by atoms with Gasteiger partial charge in [-0.05, 0) is 12.1 Å².